The fraction of sp³-hybridized carbons (Fsp3) is 0.923. The molecule has 0 radical (unpaired) electrons. The van der Waals surface area contributed by atoms with Crippen LogP contribution < -0.4 is 10.6 Å². The summed E-state index contributed by atoms with van der Waals surface area (Å²) in [4.78, 5) is 12.0. The monoisotopic (exact) mass is 341 g/mol. The van der Waals surface area contributed by atoms with E-state index in [-0.39, 0.29) is 30.0 Å². The van der Waals surface area contributed by atoms with Gasteiger partial charge in [-0.3, -0.25) is 4.79 Å². The molecule has 1 saturated heterocycles. The predicted molar refractivity (Wildman–Crippen MR) is 87.2 cm³/mol. The molecular formula is C13H28ClN3O3S. The summed E-state index contributed by atoms with van der Waals surface area (Å²) < 4.78 is 25.1. The molecule has 0 aromatic rings. The second-order valence-corrected chi connectivity index (χ2v) is 7.40. The third-order valence-corrected chi connectivity index (χ3v) is 5.39. The molecule has 6 nitrogen and oxygen atoms in total. The van der Waals surface area contributed by atoms with Gasteiger partial charge in [0.2, 0.25) is 15.9 Å². The lowest BCUT2D eigenvalue weighted by Gasteiger charge is -2.30. The van der Waals surface area contributed by atoms with Crippen LogP contribution in [-0.4, -0.2) is 57.1 Å². The molecule has 126 valence electrons. The number of amides is 1. The van der Waals surface area contributed by atoms with Gasteiger partial charge >= 0.3 is 0 Å². The maximum atomic E-state index is 12.0. The molecule has 1 atom stereocenters. The molecule has 1 unspecified atom stereocenters. The Morgan fingerprint density at radius 2 is 1.95 bits per heavy atom. The minimum Gasteiger partial charge on any atom is -0.355 e. The zero-order valence-corrected chi connectivity index (χ0v) is 14.6. The van der Waals surface area contributed by atoms with Crippen LogP contribution in [0.5, 0.6) is 0 Å². The van der Waals surface area contributed by atoms with Crippen molar-refractivity contribution in [1.82, 2.24) is 14.9 Å². The van der Waals surface area contributed by atoms with Crippen molar-refractivity contribution in [1.29, 1.82) is 0 Å². The molecular weight excluding hydrogens is 314 g/mol. The van der Waals surface area contributed by atoms with Gasteiger partial charge in [0.05, 0.1) is 11.7 Å². The summed E-state index contributed by atoms with van der Waals surface area (Å²) in [7, 11) is -3.18. The summed E-state index contributed by atoms with van der Waals surface area (Å²) in [6.45, 7) is 6.89. The number of nitrogens with zero attached hydrogens (tertiary/aromatic N) is 1. The van der Waals surface area contributed by atoms with Crippen molar-refractivity contribution in [2.45, 2.75) is 33.1 Å². The lowest BCUT2D eigenvalue weighted by atomic mass is 9.99. The van der Waals surface area contributed by atoms with E-state index < -0.39 is 10.0 Å². The topological polar surface area (TPSA) is 78.5 Å². The smallest absolute Gasteiger partial charge is 0.224 e. The normalized spacial score (nSPS) is 19.8. The van der Waals surface area contributed by atoms with Crippen molar-refractivity contribution in [2.75, 3.05) is 38.5 Å². The van der Waals surface area contributed by atoms with Crippen molar-refractivity contribution in [2.24, 2.45) is 5.92 Å². The molecule has 1 amide bonds. The van der Waals surface area contributed by atoms with Crippen molar-refractivity contribution in [3.8, 4) is 0 Å². The Morgan fingerprint density at radius 3 is 2.57 bits per heavy atom. The second-order valence-electron chi connectivity index (χ2n) is 5.14. The first-order chi connectivity index (χ1) is 9.51. The first-order valence-corrected chi connectivity index (χ1v) is 9.08. The molecule has 1 fully saturated rings. The van der Waals surface area contributed by atoms with E-state index in [1.165, 1.54) is 4.31 Å². The van der Waals surface area contributed by atoms with Crippen LogP contribution >= 0.6 is 12.4 Å². The summed E-state index contributed by atoms with van der Waals surface area (Å²) in [5.74, 6) is -0.141. The third kappa shape index (κ3) is 6.95. The number of carbonyl (C=O) groups is 1. The van der Waals surface area contributed by atoms with Crippen LogP contribution in [0.1, 0.15) is 33.1 Å². The SMILES string of the molecule is CCCNCCNC(=O)C1CCCN(S(=O)(=O)CC)C1.Cl. The van der Waals surface area contributed by atoms with E-state index in [9.17, 15) is 13.2 Å². The molecule has 0 saturated carbocycles. The van der Waals surface area contributed by atoms with E-state index in [1.807, 2.05) is 0 Å². The van der Waals surface area contributed by atoms with E-state index in [1.54, 1.807) is 6.92 Å². The van der Waals surface area contributed by atoms with Crippen LogP contribution in [0.15, 0.2) is 0 Å². The molecule has 0 spiro atoms. The van der Waals surface area contributed by atoms with Crippen LogP contribution in [-0.2, 0) is 14.8 Å². The Kier molecular flexibility index (Phi) is 10.2. The van der Waals surface area contributed by atoms with E-state index in [4.69, 9.17) is 0 Å². The number of carbonyl (C=O) groups excluding carboxylic acids is 1. The molecule has 21 heavy (non-hydrogen) atoms. The highest BCUT2D eigenvalue weighted by Crippen LogP contribution is 2.19. The number of rotatable bonds is 8. The van der Waals surface area contributed by atoms with E-state index >= 15 is 0 Å². The average Bonchev–Trinajstić information content (AvgIpc) is 2.47. The van der Waals surface area contributed by atoms with Crippen LogP contribution in [0.3, 0.4) is 0 Å². The van der Waals surface area contributed by atoms with Gasteiger partial charge in [-0.05, 0) is 32.7 Å². The van der Waals surface area contributed by atoms with Gasteiger partial charge in [0, 0.05) is 26.2 Å². The summed E-state index contributed by atoms with van der Waals surface area (Å²) >= 11 is 0. The first-order valence-electron chi connectivity index (χ1n) is 7.47. The fourth-order valence-electron chi connectivity index (χ4n) is 2.31. The van der Waals surface area contributed by atoms with E-state index in [0.717, 1.165) is 32.4 Å². The zero-order valence-electron chi connectivity index (χ0n) is 12.9. The number of sulfonamides is 1. The number of hydrogen-bond acceptors (Lipinski definition) is 4. The molecule has 0 bridgehead atoms. The molecule has 0 aliphatic carbocycles. The quantitative estimate of drug-likeness (QED) is 0.633. The molecule has 1 rings (SSSR count). The molecule has 0 aromatic carbocycles. The maximum Gasteiger partial charge on any atom is 0.224 e. The molecule has 1 aliphatic rings. The molecule has 0 aromatic heterocycles. The van der Waals surface area contributed by atoms with Gasteiger partial charge < -0.3 is 10.6 Å². The largest absolute Gasteiger partial charge is 0.355 e. The van der Waals surface area contributed by atoms with Crippen LogP contribution in [0.4, 0.5) is 0 Å². The number of halogens is 1. The minimum absolute atomic E-state index is 0. The van der Waals surface area contributed by atoms with Gasteiger partial charge in [0.15, 0.2) is 0 Å². The minimum atomic E-state index is -3.18. The molecule has 2 N–H and O–H groups in total. The van der Waals surface area contributed by atoms with Gasteiger partial charge in [-0.25, -0.2) is 12.7 Å². The van der Waals surface area contributed by atoms with Gasteiger partial charge in [0.1, 0.15) is 0 Å². The number of piperidine rings is 1. The highest BCUT2D eigenvalue weighted by molar-refractivity contribution is 7.89. The second kappa shape index (κ2) is 10.4. The van der Waals surface area contributed by atoms with Crippen LogP contribution in [0.25, 0.3) is 0 Å². The van der Waals surface area contributed by atoms with Gasteiger partial charge in [-0.15, -0.1) is 12.4 Å². The summed E-state index contributed by atoms with van der Waals surface area (Å²) in [5, 5.41) is 6.09. The Bertz CT molecular complexity index is 403. The Morgan fingerprint density at radius 1 is 1.24 bits per heavy atom. The molecule has 1 heterocycles. The maximum absolute atomic E-state index is 12.0. The van der Waals surface area contributed by atoms with Crippen LogP contribution in [0.2, 0.25) is 0 Å². The first kappa shape index (κ1) is 20.6. The lowest BCUT2D eigenvalue weighted by molar-refractivity contribution is -0.126. The van der Waals surface area contributed by atoms with Crippen LogP contribution in [0, 0.1) is 5.92 Å². The highest BCUT2D eigenvalue weighted by atomic mass is 35.5. The zero-order chi connectivity index (χ0) is 15.0. The standard InChI is InChI=1S/C13H27N3O3S.ClH/c1-3-7-14-8-9-15-13(17)12-6-5-10-16(11-12)20(18,19)4-2;/h12,14H,3-11H2,1-2H3,(H,15,17);1H. The predicted octanol–water partition coefficient (Wildman–Crippen LogP) is 0.586. The molecule has 1 aliphatic heterocycles. The Labute approximate surface area is 134 Å². The number of hydrogen-bond donors (Lipinski definition) is 2. The van der Waals surface area contributed by atoms with Gasteiger partial charge in [0.25, 0.3) is 0 Å². The fourth-order valence-corrected chi connectivity index (χ4v) is 3.49. The highest BCUT2D eigenvalue weighted by Gasteiger charge is 2.31. The summed E-state index contributed by atoms with van der Waals surface area (Å²) in [5.41, 5.74) is 0. The summed E-state index contributed by atoms with van der Waals surface area (Å²) in [6.07, 6.45) is 2.59. The van der Waals surface area contributed by atoms with Crippen molar-refractivity contribution >= 4 is 28.3 Å². The molecule has 8 heteroatoms. The van der Waals surface area contributed by atoms with Gasteiger partial charge in [-0.2, -0.15) is 0 Å². The van der Waals surface area contributed by atoms with E-state index in [2.05, 4.69) is 17.6 Å². The van der Waals surface area contributed by atoms with Crippen molar-refractivity contribution in [3.05, 3.63) is 0 Å². The lowest BCUT2D eigenvalue weighted by Crippen LogP contribution is -2.46. The Balaban J connectivity index is 0.00000400. The average molecular weight is 342 g/mol. The van der Waals surface area contributed by atoms with Crippen molar-refractivity contribution < 1.29 is 13.2 Å². The van der Waals surface area contributed by atoms with Crippen molar-refractivity contribution in [3.63, 3.8) is 0 Å². The summed E-state index contributed by atoms with van der Waals surface area (Å²) in [6, 6.07) is 0. The number of nitrogens with one attached hydrogen (secondary N) is 2. The third-order valence-electron chi connectivity index (χ3n) is 3.54. The van der Waals surface area contributed by atoms with E-state index in [0.29, 0.717) is 19.6 Å². The Hall–Kier alpha value is -0.370. The van der Waals surface area contributed by atoms with Gasteiger partial charge in [-0.1, -0.05) is 6.92 Å².